The van der Waals surface area contributed by atoms with Crippen molar-refractivity contribution < 1.29 is 4.74 Å². The SMILES string of the molecule is Clc1cc(Nc2ccc(OCc3ccccn3)c(Cl)c2)ccn1. The molecule has 0 aliphatic heterocycles. The summed E-state index contributed by atoms with van der Waals surface area (Å²) in [5.74, 6) is 0.607. The molecule has 116 valence electrons. The highest BCUT2D eigenvalue weighted by Crippen LogP contribution is 2.30. The number of halogens is 2. The van der Waals surface area contributed by atoms with Crippen LogP contribution in [0.1, 0.15) is 5.69 Å². The normalized spacial score (nSPS) is 10.3. The van der Waals surface area contributed by atoms with Crippen LogP contribution in [0.2, 0.25) is 10.2 Å². The lowest BCUT2D eigenvalue weighted by molar-refractivity contribution is 0.301. The lowest BCUT2D eigenvalue weighted by Gasteiger charge is -2.11. The van der Waals surface area contributed by atoms with E-state index in [9.17, 15) is 0 Å². The van der Waals surface area contributed by atoms with Gasteiger partial charge in [-0.05, 0) is 42.5 Å². The summed E-state index contributed by atoms with van der Waals surface area (Å²) >= 11 is 12.1. The Morgan fingerprint density at radius 3 is 2.52 bits per heavy atom. The van der Waals surface area contributed by atoms with Crippen molar-refractivity contribution in [2.75, 3.05) is 5.32 Å². The quantitative estimate of drug-likeness (QED) is 0.653. The average molecular weight is 346 g/mol. The third-order valence-corrected chi connectivity index (χ3v) is 3.55. The van der Waals surface area contributed by atoms with Gasteiger partial charge in [0.25, 0.3) is 0 Å². The van der Waals surface area contributed by atoms with E-state index in [1.807, 2.05) is 36.4 Å². The molecule has 6 heteroatoms. The van der Waals surface area contributed by atoms with E-state index >= 15 is 0 Å². The number of rotatable bonds is 5. The summed E-state index contributed by atoms with van der Waals surface area (Å²) in [7, 11) is 0. The second-order valence-corrected chi connectivity index (χ2v) is 5.54. The zero-order valence-corrected chi connectivity index (χ0v) is 13.6. The van der Waals surface area contributed by atoms with Gasteiger partial charge >= 0.3 is 0 Å². The van der Waals surface area contributed by atoms with Crippen LogP contribution in [0.15, 0.2) is 60.9 Å². The minimum atomic E-state index is 0.368. The predicted molar refractivity (Wildman–Crippen MR) is 92.6 cm³/mol. The maximum Gasteiger partial charge on any atom is 0.138 e. The van der Waals surface area contributed by atoms with Gasteiger partial charge in [0.2, 0.25) is 0 Å². The summed E-state index contributed by atoms with van der Waals surface area (Å²) in [6, 6.07) is 14.7. The first-order valence-electron chi connectivity index (χ1n) is 6.91. The standard InChI is InChI=1S/C17H13Cl2N3O/c18-15-9-12(22-13-6-8-21-17(19)10-13)4-5-16(15)23-11-14-3-1-2-7-20-14/h1-10H,11H2,(H,21,22). The van der Waals surface area contributed by atoms with E-state index in [-0.39, 0.29) is 0 Å². The van der Waals surface area contributed by atoms with Gasteiger partial charge in [-0.15, -0.1) is 0 Å². The molecule has 1 aromatic carbocycles. The molecular weight excluding hydrogens is 333 g/mol. The summed E-state index contributed by atoms with van der Waals surface area (Å²) in [6.45, 7) is 0.368. The maximum atomic E-state index is 6.27. The lowest BCUT2D eigenvalue weighted by Crippen LogP contribution is -1.98. The minimum Gasteiger partial charge on any atom is -0.486 e. The van der Waals surface area contributed by atoms with Crippen LogP contribution in [-0.2, 0) is 6.61 Å². The summed E-state index contributed by atoms with van der Waals surface area (Å²) in [5.41, 5.74) is 2.52. The van der Waals surface area contributed by atoms with Crippen molar-refractivity contribution in [2.45, 2.75) is 6.61 Å². The first-order valence-corrected chi connectivity index (χ1v) is 7.67. The van der Waals surface area contributed by atoms with Crippen molar-refractivity contribution >= 4 is 34.6 Å². The Balaban J connectivity index is 1.68. The number of anilines is 2. The van der Waals surface area contributed by atoms with E-state index in [4.69, 9.17) is 27.9 Å². The van der Waals surface area contributed by atoms with Gasteiger partial charge in [0.15, 0.2) is 0 Å². The molecule has 3 aromatic rings. The van der Waals surface area contributed by atoms with Crippen LogP contribution in [0.5, 0.6) is 5.75 Å². The molecule has 0 unspecified atom stereocenters. The molecule has 2 aromatic heterocycles. The van der Waals surface area contributed by atoms with Gasteiger partial charge < -0.3 is 10.1 Å². The molecule has 3 rings (SSSR count). The van der Waals surface area contributed by atoms with Gasteiger partial charge in [0, 0.05) is 23.8 Å². The van der Waals surface area contributed by atoms with E-state index in [1.54, 1.807) is 24.5 Å². The average Bonchev–Trinajstić information content (AvgIpc) is 2.55. The van der Waals surface area contributed by atoms with Crippen LogP contribution in [0.3, 0.4) is 0 Å². The topological polar surface area (TPSA) is 47.0 Å². The molecule has 0 bridgehead atoms. The molecule has 0 saturated heterocycles. The van der Waals surface area contributed by atoms with E-state index in [1.165, 1.54) is 0 Å². The summed E-state index contributed by atoms with van der Waals surface area (Å²) < 4.78 is 5.69. The number of aromatic nitrogens is 2. The van der Waals surface area contributed by atoms with Crippen molar-refractivity contribution in [1.82, 2.24) is 9.97 Å². The fraction of sp³-hybridized carbons (Fsp3) is 0.0588. The van der Waals surface area contributed by atoms with Crippen molar-refractivity contribution in [2.24, 2.45) is 0 Å². The number of hydrogen-bond acceptors (Lipinski definition) is 4. The Morgan fingerprint density at radius 1 is 0.913 bits per heavy atom. The first kappa shape index (κ1) is 15.6. The zero-order valence-electron chi connectivity index (χ0n) is 12.0. The third kappa shape index (κ3) is 4.34. The van der Waals surface area contributed by atoms with Gasteiger partial charge in [0.1, 0.15) is 17.5 Å². The van der Waals surface area contributed by atoms with Gasteiger partial charge in [-0.3, -0.25) is 4.98 Å². The molecule has 0 amide bonds. The van der Waals surface area contributed by atoms with Crippen molar-refractivity contribution in [3.05, 3.63) is 76.8 Å². The molecule has 2 heterocycles. The third-order valence-electron chi connectivity index (χ3n) is 3.05. The Kier molecular flexibility index (Phi) is 4.95. The van der Waals surface area contributed by atoms with E-state index < -0.39 is 0 Å². The molecular formula is C17H13Cl2N3O. The maximum absolute atomic E-state index is 6.27. The lowest BCUT2D eigenvalue weighted by atomic mass is 10.3. The highest BCUT2D eigenvalue weighted by molar-refractivity contribution is 6.32. The highest BCUT2D eigenvalue weighted by Gasteiger charge is 2.05. The van der Waals surface area contributed by atoms with Gasteiger partial charge in [-0.25, -0.2) is 4.98 Å². The fourth-order valence-electron chi connectivity index (χ4n) is 1.98. The Hall–Kier alpha value is -2.30. The van der Waals surface area contributed by atoms with Crippen LogP contribution in [0.25, 0.3) is 0 Å². The number of benzene rings is 1. The number of nitrogens with one attached hydrogen (secondary N) is 1. The first-order chi connectivity index (χ1) is 11.2. The molecule has 0 aliphatic rings. The monoisotopic (exact) mass is 345 g/mol. The molecule has 0 saturated carbocycles. The summed E-state index contributed by atoms with van der Waals surface area (Å²) in [4.78, 5) is 8.15. The molecule has 0 aliphatic carbocycles. The van der Waals surface area contributed by atoms with Crippen LogP contribution < -0.4 is 10.1 Å². The van der Waals surface area contributed by atoms with E-state index in [0.29, 0.717) is 22.5 Å². The number of hydrogen-bond donors (Lipinski definition) is 1. The number of ether oxygens (including phenoxy) is 1. The molecule has 1 N–H and O–H groups in total. The van der Waals surface area contributed by atoms with Crippen LogP contribution >= 0.6 is 23.2 Å². The van der Waals surface area contributed by atoms with E-state index in [2.05, 4.69) is 15.3 Å². The largest absolute Gasteiger partial charge is 0.486 e. The fourth-order valence-corrected chi connectivity index (χ4v) is 2.39. The molecule has 0 fully saturated rings. The van der Waals surface area contributed by atoms with Gasteiger partial charge in [0.05, 0.1) is 10.7 Å². The Labute approximate surface area is 144 Å². The van der Waals surface area contributed by atoms with E-state index in [0.717, 1.165) is 17.1 Å². The van der Waals surface area contributed by atoms with Crippen LogP contribution in [0.4, 0.5) is 11.4 Å². The van der Waals surface area contributed by atoms with Crippen LogP contribution in [0, 0.1) is 0 Å². The summed E-state index contributed by atoms with van der Waals surface area (Å²) in [6.07, 6.45) is 3.36. The Morgan fingerprint density at radius 2 is 1.78 bits per heavy atom. The van der Waals surface area contributed by atoms with Crippen molar-refractivity contribution in [3.8, 4) is 5.75 Å². The Bertz CT molecular complexity index is 797. The minimum absolute atomic E-state index is 0.368. The zero-order chi connectivity index (χ0) is 16.1. The second-order valence-electron chi connectivity index (χ2n) is 4.75. The smallest absolute Gasteiger partial charge is 0.138 e. The molecule has 0 radical (unpaired) electrons. The van der Waals surface area contributed by atoms with Gasteiger partial charge in [-0.1, -0.05) is 29.3 Å². The van der Waals surface area contributed by atoms with Gasteiger partial charge in [-0.2, -0.15) is 0 Å². The molecule has 0 atom stereocenters. The predicted octanol–water partition coefficient (Wildman–Crippen LogP) is 5.11. The summed E-state index contributed by atoms with van der Waals surface area (Å²) in [5, 5.41) is 4.16. The highest BCUT2D eigenvalue weighted by atomic mass is 35.5. The molecule has 0 spiro atoms. The number of nitrogens with zero attached hydrogens (tertiary/aromatic N) is 2. The van der Waals surface area contributed by atoms with Crippen LogP contribution in [-0.4, -0.2) is 9.97 Å². The van der Waals surface area contributed by atoms with Crippen molar-refractivity contribution in [1.29, 1.82) is 0 Å². The van der Waals surface area contributed by atoms with Crippen molar-refractivity contribution in [3.63, 3.8) is 0 Å². The molecule has 4 nitrogen and oxygen atoms in total. The molecule has 23 heavy (non-hydrogen) atoms. The number of pyridine rings is 2. The second kappa shape index (κ2) is 7.31.